The van der Waals surface area contributed by atoms with E-state index in [-0.39, 0.29) is 0 Å². The van der Waals surface area contributed by atoms with Crippen LogP contribution in [0.25, 0.3) is 0 Å². The second-order valence-corrected chi connectivity index (χ2v) is 5.83. The standard InChI is InChI=1S/C14H21NS/c1-12(14-7-9-16-10-8-14)15-11-13-5-3-2-4-6-13/h2-6,12,14-15H,7-11H2,1H3. The van der Waals surface area contributed by atoms with Crippen molar-refractivity contribution in [1.82, 2.24) is 5.32 Å². The Morgan fingerprint density at radius 3 is 2.62 bits per heavy atom. The fraction of sp³-hybridized carbons (Fsp3) is 0.571. The highest BCUT2D eigenvalue weighted by molar-refractivity contribution is 7.99. The van der Waals surface area contributed by atoms with Gasteiger partial charge in [-0.25, -0.2) is 0 Å². The highest BCUT2D eigenvalue weighted by Gasteiger charge is 2.19. The summed E-state index contributed by atoms with van der Waals surface area (Å²) in [5.41, 5.74) is 1.39. The number of hydrogen-bond acceptors (Lipinski definition) is 2. The predicted octanol–water partition coefficient (Wildman–Crippen LogP) is 3.31. The lowest BCUT2D eigenvalue weighted by atomic mass is 9.95. The summed E-state index contributed by atoms with van der Waals surface area (Å²) in [6.07, 6.45) is 2.77. The van der Waals surface area contributed by atoms with Gasteiger partial charge in [0.2, 0.25) is 0 Å². The fourth-order valence-electron chi connectivity index (χ4n) is 2.26. The first-order valence-electron chi connectivity index (χ1n) is 6.21. The predicted molar refractivity (Wildman–Crippen MR) is 72.8 cm³/mol. The van der Waals surface area contributed by atoms with Gasteiger partial charge in [-0.1, -0.05) is 30.3 Å². The summed E-state index contributed by atoms with van der Waals surface area (Å²) in [4.78, 5) is 0. The summed E-state index contributed by atoms with van der Waals surface area (Å²) in [5.74, 6) is 3.58. The van der Waals surface area contributed by atoms with Gasteiger partial charge < -0.3 is 5.32 Å². The first-order valence-corrected chi connectivity index (χ1v) is 7.37. The van der Waals surface area contributed by atoms with Gasteiger partial charge in [0, 0.05) is 12.6 Å². The minimum absolute atomic E-state index is 0.654. The minimum atomic E-state index is 0.654. The second kappa shape index (κ2) is 6.31. The van der Waals surface area contributed by atoms with Crippen molar-refractivity contribution in [1.29, 1.82) is 0 Å². The summed E-state index contributed by atoms with van der Waals surface area (Å²) in [5, 5.41) is 3.66. The summed E-state index contributed by atoms with van der Waals surface area (Å²) < 4.78 is 0. The maximum absolute atomic E-state index is 3.66. The van der Waals surface area contributed by atoms with Crippen molar-refractivity contribution in [3.63, 3.8) is 0 Å². The van der Waals surface area contributed by atoms with Crippen molar-refractivity contribution in [3.8, 4) is 0 Å². The molecule has 1 atom stereocenters. The van der Waals surface area contributed by atoms with Gasteiger partial charge in [0.05, 0.1) is 0 Å². The van der Waals surface area contributed by atoms with E-state index in [1.807, 2.05) is 0 Å². The van der Waals surface area contributed by atoms with Gasteiger partial charge in [0.1, 0.15) is 0 Å². The van der Waals surface area contributed by atoms with Crippen molar-refractivity contribution in [2.24, 2.45) is 5.92 Å². The van der Waals surface area contributed by atoms with Crippen molar-refractivity contribution < 1.29 is 0 Å². The van der Waals surface area contributed by atoms with Crippen LogP contribution in [0, 0.1) is 5.92 Å². The van der Waals surface area contributed by atoms with Crippen molar-refractivity contribution >= 4 is 11.8 Å². The molecule has 1 aliphatic heterocycles. The van der Waals surface area contributed by atoms with Gasteiger partial charge in [-0.2, -0.15) is 11.8 Å². The third-order valence-electron chi connectivity index (χ3n) is 3.44. The van der Waals surface area contributed by atoms with Crippen LogP contribution in [0.3, 0.4) is 0 Å². The van der Waals surface area contributed by atoms with Crippen LogP contribution >= 0.6 is 11.8 Å². The van der Waals surface area contributed by atoms with E-state index in [1.54, 1.807) is 0 Å². The lowest BCUT2D eigenvalue weighted by Gasteiger charge is -2.28. The van der Waals surface area contributed by atoms with Gasteiger partial charge in [0.25, 0.3) is 0 Å². The Labute approximate surface area is 103 Å². The summed E-state index contributed by atoms with van der Waals surface area (Å²) in [6.45, 7) is 3.34. The third-order valence-corrected chi connectivity index (χ3v) is 4.49. The molecule has 0 spiro atoms. The number of thioether (sulfide) groups is 1. The molecule has 0 saturated carbocycles. The number of nitrogens with one attached hydrogen (secondary N) is 1. The summed E-state index contributed by atoms with van der Waals surface area (Å²) in [6, 6.07) is 11.3. The monoisotopic (exact) mass is 235 g/mol. The molecule has 16 heavy (non-hydrogen) atoms. The highest BCUT2D eigenvalue weighted by Crippen LogP contribution is 2.25. The van der Waals surface area contributed by atoms with E-state index in [0.717, 1.165) is 12.5 Å². The Balaban J connectivity index is 1.76. The third kappa shape index (κ3) is 3.53. The second-order valence-electron chi connectivity index (χ2n) is 4.60. The minimum Gasteiger partial charge on any atom is -0.310 e. The van der Waals surface area contributed by atoms with Crippen LogP contribution in [0.1, 0.15) is 25.3 Å². The van der Waals surface area contributed by atoms with Crippen LogP contribution in [0.5, 0.6) is 0 Å². The van der Waals surface area contributed by atoms with E-state index >= 15 is 0 Å². The van der Waals surface area contributed by atoms with E-state index in [2.05, 4.69) is 54.3 Å². The van der Waals surface area contributed by atoms with Crippen molar-refractivity contribution in [3.05, 3.63) is 35.9 Å². The zero-order chi connectivity index (χ0) is 11.2. The van der Waals surface area contributed by atoms with Gasteiger partial charge in [-0.15, -0.1) is 0 Å². The number of rotatable bonds is 4. The van der Waals surface area contributed by atoms with Gasteiger partial charge >= 0.3 is 0 Å². The lowest BCUT2D eigenvalue weighted by Crippen LogP contribution is -2.35. The Kier molecular flexibility index (Phi) is 4.73. The molecule has 88 valence electrons. The van der Waals surface area contributed by atoms with E-state index in [1.165, 1.54) is 29.9 Å². The molecule has 0 bridgehead atoms. The van der Waals surface area contributed by atoms with Gasteiger partial charge in [-0.05, 0) is 42.8 Å². The van der Waals surface area contributed by atoms with E-state index < -0.39 is 0 Å². The van der Waals surface area contributed by atoms with Gasteiger partial charge in [-0.3, -0.25) is 0 Å². The highest BCUT2D eigenvalue weighted by atomic mass is 32.2. The molecule has 2 heteroatoms. The van der Waals surface area contributed by atoms with Gasteiger partial charge in [0.15, 0.2) is 0 Å². The van der Waals surface area contributed by atoms with E-state index in [0.29, 0.717) is 6.04 Å². The topological polar surface area (TPSA) is 12.0 Å². The average Bonchev–Trinajstić information content (AvgIpc) is 2.38. The van der Waals surface area contributed by atoms with E-state index in [4.69, 9.17) is 0 Å². The molecular formula is C14H21NS. The normalized spacial score (nSPS) is 19.6. The Hall–Kier alpha value is -0.470. The molecule has 1 unspecified atom stereocenters. The van der Waals surface area contributed by atoms with Crippen LogP contribution < -0.4 is 5.32 Å². The number of benzene rings is 1. The molecule has 0 radical (unpaired) electrons. The molecule has 1 aromatic rings. The van der Waals surface area contributed by atoms with E-state index in [9.17, 15) is 0 Å². The molecular weight excluding hydrogens is 214 g/mol. The van der Waals surface area contributed by atoms with Crippen LogP contribution in [-0.2, 0) is 6.54 Å². The zero-order valence-electron chi connectivity index (χ0n) is 9.99. The fourth-order valence-corrected chi connectivity index (χ4v) is 3.40. The smallest absolute Gasteiger partial charge is 0.0208 e. The molecule has 1 saturated heterocycles. The molecule has 1 aliphatic rings. The average molecular weight is 235 g/mol. The van der Waals surface area contributed by atoms with Crippen LogP contribution in [-0.4, -0.2) is 17.5 Å². The van der Waals surface area contributed by atoms with Crippen molar-refractivity contribution in [2.75, 3.05) is 11.5 Å². The molecule has 0 amide bonds. The molecule has 1 fully saturated rings. The number of hydrogen-bond donors (Lipinski definition) is 1. The zero-order valence-corrected chi connectivity index (χ0v) is 10.8. The Morgan fingerprint density at radius 1 is 1.25 bits per heavy atom. The van der Waals surface area contributed by atoms with Crippen molar-refractivity contribution in [2.45, 2.75) is 32.4 Å². The molecule has 1 N–H and O–H groups in total. The van der Waals surface area contributed by atoms with Crippen LogP contribution in [0.15, 0.2) is 30.3 Å². The molecule has 1 heterocycles. The molecule has 0 aromatic heterocycles. The Morgan fingerprint density at radius 2 is 1.94 bits per heavy atom. The van der Waals surface area contributed by atoms with Crippen LogP contribution in [0.4, 0.5) is 0 Å². The first-order chi connectivity index (χ1) is 7.86. The summed E-state index contributed by atoms with van der Waals surface area (Å²) in [7, 11) is 0. The Bertz CT molecular complexity index is 293. The summed E-state index contributed by atoms with van der Waals surface area (Å²) >= 11 is 2.10. The maximum atomic E-state index is 3.66. The first kappa shape index (κ1) is 12.0. The molecule has 1 aromatic carbocycles. The molecule has 1 nitrogen and oxygen atoms in total. The SMILES string of the molecule is CC(NCc1ccccc1)C1CCSCC1. The lowest BCUT2D eigenvalue weighted by molar-refractivity contribution is 0.352. The molecule has 2 rings (SSSR count). The largest absolute Gasteiger partial charge is 0.310 e. The van der Waals surface area contributed by atoms with Crippen LogP contribution in [0.2, 0.25) is 0 Å². The maximum Gasteiger partial charge on any atom is 0.0208 e. The quantitative estimate of drug-likeness (QED) is 0.859. The molecule has 0 aliphatic carbocycles.